The number of thioether (sulfide) groups is 1. The molecule has 0 radical (unpaired) electrons. The average molecular weight is 449 g/mol. The molecule has 28 heavy (non-hydrogen) atoms. The molecule has 0 saturated carbocycles. The van der Waals surface area contributed by atoms with Crippen LogP contribution in [0.3, 0.4) is 0 Å². The first-order chi connectivity index (χ1) is 13.0. The Morgan fingerprint density at radius 2 is 1.82 bits per heavy atom. The molecule has 1 heterocycles. The van der Waals surface area contributed by atoms with Crippen LogP contribution in [-0.2, 0) is 27.4 Å². The van der Waals surface area contributed by atoms with Gasteiger partial charge in [0, 0.05) is 5.02 Å². The third-order valence-corrected chi connectivity index (χ3v) is 6.51. The van der Waals surface area contributed by atoms with E-state index in [0.29, 0.717) is 10.6 Å². The summed E-state index contributed by atoms with van der Waals surface area (Å²) >= 11 is 6.58. The normalized spacial score (nSPS) is 19.1. The standard InChI is InChI=1S/C17H12ClF3N2O3S2/c18-12-4-6-13(7-5-12)28(25,26)23-16-22-15(24)14(27-16)9-10-2-1-3-11(8-10)17(19,20)21/h1-8,14H,9H2,(H,22,23,24). The van der Waals surface area contributed by atoms with Crippen molar-refractivity contribution in [1.29, 1.82) is 0 Å². The van der Waals surface area contributed by atoms with Crippen molar-refractivity contribution in [3.8, 4) is 0 Å². The minimum Gasteiger partial charge on any atom is -0.304 e. The Bertz CT molecular complexity index is 1040. The fourth-order valence-corrected chi connectivity index (χ4v) is 4.75. The maximum absolute atomic E-state index is 12.8. The number of halogens is 4. The smallest absolute Gasteiger partial charge is 0.304 e. The summed E-state index contributed by atoms with van der Waals surface area (Å²) in [6.45, 7) is 0. The molecule has 1 unspecified atom stereocenters. The van der Waals surface area contributed by atoms with Crippen LogP contribution in [0.25, 0.3) is 0 Å². The molecule has 0 aliphatic carbocycles. The zero-order chi connectivity index (χ0) is 20.5. The van der Waals surface area contributed by atoms with Gasteiger partial charge in [0.25, 0.3) is 10.0 Å². The molecule has 1 fully saturated rings. The van der Waals surface area contributed by atoms with Crippen LogP contribution in [0.2, 0.25) is 5.02 Å². The number of nitrogens with zero attached hydrogens (tertiary/aromatic N) is 1. The van der Waals surface area contributed by atoms with Gasteiger partial charge in [0.2, 0.25) is 5.91 Å². The number of carbonyl (C=O) groups excluding carboxylic acids is 1. The number of benzene rings is 2. The van der Waals surface area contributed by atoms with Gasteiger partial charge in [-0.1, -0.05) is 41.6 Å². The van der Waals surface area contributed by atoms with Gasteiger partial charge in [-0.25, -0.2) is 0 Å². The quantitative estimate of drug-likeness (QED) is 0.770. The molecule has 3 rings (SSSR count). The summed E-state index contributed by atoms with van der Waals surface area (Å²) in [5.74, 6) is -0.521. The van der Waals surface area contributed by atoms with Gasteiger partial charge in [-0.15, -0.1) is 4.40 Å². The predicted octanol–water partition coefficient (Wildman–Crippen LogP) is 3.88. The van der Waals surface area contributed by atoms with E-state index in [4.69, 9.17) is 11.6 Å². The molecule has 0 aromatic heterocycles. The average Bonchev–Trinajstić information content (AvgIpc) is 2.93. The largest absolute Gasteiger partial charge is 0.416 e. The number of amidine groups is 1. The van der Waals surface area contributed by atoms with Crippen molar-refractivity contribution in [3.63, 3.8) is 0 Å². The van der Waals surface area contributed by atoms with Crippen LogP contribution in [0.15, 0.2) is 57.8 Å². The van der Waals surface area contributed by atoms with E-state index in [9.17, 15) is 26.4 Å². The first-order valence-electron chi connectivity index (χ1n) is 7.79. The molecule has 1 atom stereocenters. The monoisotopic (exact) mass is 448 g/mol. The molecule has 1 N–H and O–H groups in total. The van der Waals surface area contributed by atoms with Crippen molar-refractivity contribution in [1.82, 2.24) is 5.32 Å². The summed E-state index contributed by atoms with van der Waals surface area (Å²) in [5, 5.41) is 1.79. The Hall–Kier alpha value is -2.04. The van der Waals surface area contributed by atoms with Gasteiger partial charge in [-0.2, -0.15) is 21.6 Å². The van der Waals surface area contributed by atoms with Crippen LogP contribution >= 0.6 is 23.4 Å². The van der Waals surface area contributed by atoms with E-state index in [2.05, 4.69) is 9.71 Å². The molecular weight excluding hydrogens is 437 g/mol. The number of carbonyl (C=O) groups is 1. The lowest BCUT2D eigenvalue weighted by Gasteiger charge is -2.10. The van der Waals surface area contributed by atoms with Crippen molar-refractivity contribution in [3.05, 3.63) is 64.7 Å². The molecule has 1 saturated heterocycles. The lowest BCUT2D eigenvalue weighted by Crippen LogP contribution is -2.26. The van der Waals surface area contributed by atoms with Gasteiger partial charge in [0.15, 0.2) is 5.17 Å². The second kappa shape index (κ2) is 7.76. The van der Waals surface area contributed by atoms with E-state index in [-0.39, 0.29) is 16.5 Å². The Balaban J connectivity index is 1.77. The summed E-state index contributed by atoms with van der Waals surface area (Å²) in [6.07, 6.45) is -4.49. The third kappa shape index (κ3) is 4.86. The van der Waals surface area contributed by atoms with E-state index in [1.165, 1.54) is 36.4 Å². The topological polar surface area (TPSA) is 75.6 Å². The highest BCUT2D eigenvalue weighted by Gasteiger charge is 2.34. The molecule has 1 amide bonds. The van der Waals surface area contributed by atoms with Gasteiger partial charge < -0.3 is 5.32 Å². The SMILES string of the molecule is O=C1N/C(=N\S(=O)(=O)c2ccc(Cl)cc2)SC1Cc1cccc(C(F)(F)F)c1. The van der Waals surface area contributed by atoms with Gasteiger partial charge in [0.1, 0.15) is 0 Å². The highest BCUT2D eigenvalue weighted by molar-refractivity contribution is 8.16. The fourth-order valence-electron chi connectivity index (χ4n) is 2.44. The summed E-state index contributed by atoms with van der Waals surface area (Å²) in [4.78, 5) is 12.0. The van der Waals surface area contributed by atoms with E-state index in [1.54, 1.807) is 0 Å². The fraction of sp³-hybridized carbons (Fsp3) is 0.176. The zero-order valence-corrected chi connectivity index (χ0v) is 16.3. The minimum atomic E-state index is -4.49. The van der Waals surface area contributed by atoms with E-state index in [0.717, 1.165) is 23.9 Å². The van der Waals surface area contributed by atoms with Crippen molar-refractivity contribution in [2.45, 2.75) is 22.7 Å². The van der Waals surface area contributed by atoms with E-state index < -0.39 is 32.9 Å². The lowest BCUT2D eigenvalue weighted by molar-refractivity contribution is -0.137. The van der Waals surface area contributed by atoms with E-state index >= 15 is 0 Å². The zero-order valence-electron chi connectivity index (χ0n) is 13.9. The maximum atomic E-state index is 12.8. The second-order valence-electron chi connectivity index (χ2n) is 5.82. The molecule has 148 valence electrons. The van der Waals surface area contributed by atoms with Crippen LogP contribution in [0.1, 0.15) is 11.1 Å². The third-order valence-electron chi connectivity index (χ3n) is 3.77. The minimum absolute atomic E-state index is 0.000429. The summed E-state index contributed by atoms with van der Waals surface area (Å²) in [7, 11) is -4.06. The molecule has 0 spiro atoms. The Morgan fingerprint density at radius 1 is 1.14 bits per heavy atom. The Labute approximate surface area is 168 Å². The van der Waals surface area contributed by atoms with Crippen molar-refractivity contribution in [2.75, 3.05) is 0 Å². The highest BCUT2D eigenvalue weighted by atomic mass is 35.5. The molecule has 2 aromatic carbocycles. The predicted molar refractivity (Wildman–Crippen MR) is 101 cm³/mol. The molecule has 2 aromatic rings. The van der Waals surface area contributed by atoms with Crippen molar-refractivity contribution >= 4 is 44.5 Å². The molecule has 0 bridgehead atoms. The van der Waals surface area contributed by atoms with Crippen LogP contribution in [0, 0.1) is 0 Å². The van der Waals surface area contributed by atoms with Gasteiger partial charge in [0.05, 0.1) is 15.7 Å². The summed E-state index contributed by atoms with van der Waals surface area (Å²) < 4.78 is 66.7. The molecule has 5 nitrogen and oxygen atoms in total. The highest BCUT2D eigenvalue weighted by Crippen LogP contribution is 2.31. The molecular formula is C17H12ClF3N2O3S2. The number of hydrogen-bond donors (Lipinski definition) is 1. The lowest BCUT2D eigenvalue weighted by atomic mass is 10.1. The van der Waals surface area contributed by atoms with Crippen molar-refractivity contribution < 1.29 is 26.4 Å². The van der Waals surface area contributed by atoms with Crippen LogP contribution in [0.4, 0.5) is 13.2 Å². The number of sulfonamides is 1. The number of hydrogen-bond acceptors (Lipinski definition) is 4. The number of nitrogens with one attached hydrogen (secondary N) is 1. The number of rotatable bonds is 4. The van der Waals surface area contributed by atoms with Crippen LogP contribution < -0.4 is 5.32 Å². The van der Waals surface area contributed by atoms with Gasteiger partial charge in [-0.05, 0) is 42.3 Å². The maximum Gasteiger partial charge on any atom is 0.416 e. The number of alkyl halides is 3. The van der Waals surface area contributed by atoms with Crippen LogP contribution in [0.5, 0.6) is 0 Å². The molecule has 11 heteroatoms. The molecule has 1 aliphatic heterocycles. The summed E-state index contributed by atoms with van der Waals surface area (Å²) in [5.41, 5.74) is -0.503. The van der Waals surface area contributed by atoms with Crippen molar-refractivity contribution in [2.24, 2.45) is 4.40 Å². The van der Waals surface area contributed by atoms with Gasteiger partial charge in [-0.3, -0.25) is 4.79 Å². The van der Waals surface area contributed by atoms with Gasteiger partial charge >= 0.3 is 6.18 Å². The molecule has 1 aliphatic rings. The summed E-state index contributed by atoms with van der Waals surface area (Å²) in [6, 6.07) is 9.99. The Kier molecular flexibility index (Phi) is 5.74. The Morgan fingerprint density at radius 3 is 2.46 bits per heavy atom. The van der Waals surface area contributed by atoms with E-state index in [1.807, 2.05) is 0 Å². The second-order valence-corrected chi connectivity index (χ2v) is 9.06. The number of amides is 1. The first-order valence-corrected chi connectivity index (χ1v) is 10.5. The van der Waals surface area contributed by atoms with Crippen LogP contribution in [-0.4, -0.2) is 24.7 Å². The first kappa shape index (κ1) is 20.7.